The molecule has 0 spiro atoms. The van der Waals surface area contributed by atoms with Crippen molar-refractivity contribution in [1.82, 2.24) is 10.3 Å². The van der Waals surface area contributed by atoms with Crippen molar-refractivity contribution in [2.24, 2.45) is 5.84 Å². The summed E-state index contributed by atoms with van der Waals surface area (Å²) in [5.41, 5.74) is 0. The standard InChI is InChI=1S/C15H31N3O2/c1-4-5-6-10-18(16)11-9-13-7-8-14(17-13)15(19)20-12(2)3/h12-14,17H,4-11,16H2,1-3H3. The summed E-state index contributed by atoms with van der Waals surface area (Å²) in [4.78, 5) is 11.8. The Kier molecular flexibility index (Phi) is 8.11. The summed E-state index contributed by atoms with van der Waals surface area (Å²) in [6, 6.07) is 0.255. The van der Waals surface area contributed by atoms with Gasteiger partial charge in [0.2, 0.25) is 0 Å². The normalized spacial score (nSPS) is 22.7. The first-order valence-electron chi connectivity index (χ1n) is 7.99. The van der Waals surface area contributed by atoms with Gasteiger partial charge in [0.05, 0.1) is 6.10 Å². The predicted octanol–water partition coefficient (Wildman–Crippen LogP) is 1.81. The highest BCUT2D eigenvalue weighted by Gasteiger charge is 2.30. The Bertz CT molecular complexity index is 284. The van der Waals surface area contributed by atoms with E-state index in [1.165, 1.54) is 12.8 Å². The Morgan fingerprint density at radius 3 is 2.75 bits per heavy atom. The summed E-state index contributed by atoms with van der Waals surface area (Å²) < 4.78 is 5.24. The fourth-order valence-electron chi connectivity index (χ4n) is 2.55. The number of unbranched alkanes of at least 4 members (excludes halogenated alkanes) is 2. The van der Waals surface area contributed by atoms with Gasteiger partial charge in [-0.1, -0.05) is 19.8 Å². The quantitative estimate of drug-likeness (QED) is 0.293. The van der Waals surface area contributed by atoms with E-state index in [0.717, 1.165) is 38.8 Å². The lowest BCUT2D eigenvalue weighted by Gasteiger charge is -2.19. The molecule has 0 aromatic heterocycles. The van der Waals surface area contributed by atoms with E-state index in [2.05, 4.69) is 12.2 Å². The van der Waals surface area contributed by atoms with Crippen molar-refractivity contribution in [1.29, 1.82) is 0 Å². The summed E-state index contributed by atoms with van der Waals surface area (Å²) >= 11 is 0. The van der Waals surface area contributed by atoms with Crippen LogP contribution in [0.25, 0.3) is 0 Å². The molecule has 0 saturated carbocycles. The monoisotopic (exact) mass is 285 g/mol. The Labute approximate surface area is 123 Å². The average molecular weight is 285 g/mol. The van der Waals surface area contributed by atoms with Crippen molar-refractivity contribution in [3.05, 3.63) is 0 Å². The first-order chi connectivity index (χ1) is 9.52. The van der Waals surface area contributed by atoms with Crippen molar-refractivity contribution in [3.63, 3.8) is 0 Å². The van der Waals surface area contributed by atoms with Gasteiger partial charge in [0.25, 0.3) is 0 Å². The molecule has 3 N–H and O–H groups in total. The van der Waals surface area contributed by atoms with Crippen LogP contribution in [0.15, 0.2) is 0 Å². The molecule has 2 unspecified atom stereocenters. The Balaban J connectivity index is 2.16. The van der Waals surface area contributed by atoms with E-state index in [4.69, 9.17) is 10.6 Å². The maximum absolute atomic E-state index is 11.8. The zero-order chi connectivity index (χ0) is 15.0. The molecule has 118 valence electrons. The number of hydrogen-bond donors (Lipinski definition) is 2. The summed E-state index contributed by atoms with van der Waals surface area (Å²) in [5.74, 6) is 5.85. The van der Waals surface area contributed by atoms with E-state index in [0.29, 0.717) is 6.04 Å². The topological polar surface area (TPSA) is 67.6 Å². The SMILES string of the molecule is CCCCCN(N)CCC1CCC(C(=O)OC(C)C)N1. The highest BCUT2D eigenvalue weighted by atomic mass is 16.5. The van der Waals surface area contributed by atoms with Crippen molar-refractivity contribution in [2.75, 3.05) is 13.1 Å². The lowest BCUT2D eigenvalue weighted by Crippen LogP contribution is -2.40. The Hall–Kier alpha value is -0.650. The molecular weight excluding hydrogens is 254 g/mol. The molecule has 0 aliphatic carbocycles. The van der Waals surface area contributed by atoms with Crippen LogP contribution in [0.4, 0.5) is 0 Å². The molecule has 0 bridgehead atoms. The number of hydrazine groups is 1. The van der Waals surface area contributed by atoms with Crippen LogP contribution in [-0.4, -0.2) is 42.3 Å². The van der Waals surface area contributed by atoms with Crippen LogP contribution < -0.4 is 11.2 Å². The Morgan fingerprint density at radius 2 is 2.10 bits per heavy atom. The molecule has 0 amide bonds. The molecule has 5 heteroatoms. The second-order valence-corrected chi connectivity index (χ2v) is 6.01. The van der Waals surface area contributed by atoms with Gasteiger partial charge >= 0.3 is 5.97 Å². The number of nitrogens with one attached hydrogen (secondary N) is 1. The lowest BCUT2D eigenvalue weighted by atomic mass is 10.1. The zero-order valence-corrected chi connectivity index (χ0v) is 13.2. The minimum Gasteiger partial charge on any atom is -0.462 e. The van der Waals surface area contributed by atoms with Gasteiger partial charge in [-0.05, 0) is 39.5 Å². The number of nitrogens with two attached hydrogens (primary N) is 1. The zero-order valence-electron chi connectivity index (χ0n) is 13.2. The minimum atomic E-state index is -0.131. The Morgan fingerprint density at radius 1 is 1.35 bits per heavy atom. The highest BCUT2D eigenvalue weighted by molar-refractivity contribution is 5.76. The minimum absolute atomic E-state index is 0.0403. The van der Waals surface area contributed by atoms with Gasteiger partial charge in [-0.15, -0.1) is 0 Å². The van der Waals surface area contributed by atoms with E-state index >= 15 is 0 Å². The van der Waals surface area contributed by atoms with Crippen LogP contribution >= 0.6 is 0 Å². The largest absolute Gasteiger partial charge is 0.462 e. The summed E-state index contributed by atoms with van der Waals surface area (Å²) in [6.07, 6.45) is 6.47. The van der Waals surface area contributed by atoms with Gasteiger partial charge in [-0.2, -0.15) is 0 Å². The van der Waals surface area contributed by atoms with E-state index in [1.54, 1.807) is 0 Å². The third-order valence-corrected chi connectivity index (χ3v) is 3.69. The molecule has 20 heavy (non-hydrogen) atoms. The molecule has 0 aromatic rings. The molecule has 1 aliphatic heterocycles. The smallest absolute Gasteiger partial charge is 0.323 e. The van der Waals surface area contributed by atoms with Crippen molar-refractivity contribution in [2.45, 2.75) is 77.5 Å². The van der Waals surface area contributed by atoms with E-state index in [9.17, 15) is 4.79 Å². The van der Waals surface area contributed by atoms with Gasteiger partial charge in [0.1, 0.15) is 6.04 Å². The fraction of sp³-hybridized carbons (Fsp3) is 0.933. The molecule has 1 heterocycles. The van der Waals surface area contributed by atoms with E-state index in [-0.39, 0.29) is 18.1 Å². The maximum atomic E-state index is 11.8. The highest BCUT2D eigenvalue weighted by Crippen LogP contribution is 2.16. The first-order valence-corrected chi connectivity index (χ1v) is 7.99. The second kappa shape index (κ2) is 9.32. The van der Waals surface area contributed by atoms with Crippen LogP contribution in [-0.2, 0) is 9.53 Å². The number of carbonyl (C=O) groups excluding carboxylic acids is 1. The summed E-state index contributed by atoms with van der Waals surface area (Å²) in [6.45, 7) is 7.80. The molecular formula is C15H31N3O2. The number of esters is 1. The molecule has 5 nitrogen and oxygen atoms in total. The van der Waals surface area contributed by atoms with Crippen molar-refractivity contribution in [3.8, 4) is 0 Å². The van der Waals surface area contributed by atoms with Gasteiger partial charge in [-0.3, -0.25) is 10.6 Å². The number of hydrogen-bond acceptors (Lipinski definition) is 5. The molecule has 2 atom stereocenters. The van der Waals surface area contributed by atoms with Gasteiger partial charge < -0.3 is 10.1 Å². The van der Waals surface area contributed by atoms with Crippen molar-refractivity contribution < 1.29 is 9.53 Å². The second-order valence-electron chi connectivity index (χ2n) is 6.01. The summed E-state index contributed by atoms with van der Waals surface area (Å²) in [5, 5.41) is 5.26. The van der Waals surface area contributed by atoms with Gasteiger partial charge in [0.15, 0.2) is 0 Å². The number of ether oxygens (including phenoxy) is 1. The van der Waals surface area contributed by atoms with Crippen LogP contribution in [0.3, 0.4) is 0 Å². The summed E-state index contributed by atoms with van der Waals surface area (Å²) in [7, 11) is 0. The molecule has 0 radical (unpaired) electrons. The van der Waals surface area contributed by atoms with Crippen LogP contribution in [0.1, 0.15) is 59.3 Å². The molecule has 0 aromatic carbocycles. The molecule has 1 aliphatic rings. The van der Waals surface area contributed by atoms with Crippen LogP contribution in [0, 0.1) is 0 Å². The third kappa shape index (κ3) is 6.68. The maximum Gasteiger partial charge on any atom is 0.323 e. The van der Waals surface area contributed by atoms with Gasteiger partial charge in [0, 0.05) is 19.1 Å². The van der Waals surface area contributed by atoms with Crippen LogP contribution in [0.5, 0.6) is 0 Å². The van der Waals surface area contributed by atoms with Crippen molar-refractivity contribution >= 4 is 5.97 Å². The third-order valence-electron chi connectivity index (χ3n) is 3.69. The first kappa shape index (κ1) is 17.4. The molecule has 1 saturated heterocycles. The van der Waals surface area contributed by atoms with Crippen LogP contribution in [0.2, 0.25) is 0 Å². The molecule has 1 fully saturated rings. The van der Waals surface area contributed by atoms with E-state index in [1.807, 2.05) is 18.9 Å². The lowest BCUT2D eigenvalue weighted by molar-refractivity contribution is -0.149. The number of rotatable bonds is 9. The number of carbonyl (C=O) groups is 1. The fourth-order valence-corrected chi connectivity index (χ4v) is 2.55. The van der Waals surface area contributed by atoms with E-state index < -0.39 is 0 Å². The predicted molar refractivity (Wildman–Crippen MR) is 81.1 cm³/mol. The number of nitrogens with zero attached hydrogens (tertiary/aromatic N) is 1. The molecule has 1 rings (SSSR count). The van der Waals surface area contributed by atoms with Gasteiger partial charge in [-0.25, -0.2) is 5.01 Å². The average Bonchev–Trinajstić information content (AvgIpc) is 2.85.